The van der Waals surface area contributed by atoms with Crippen molar-refractivity contribution >= 4 is 11.9 Å². The standard InChI is InChI=1S/C20H21NO5/c1-12(2)18(21-19(22)14-6-4-5-13(3)9-14)20(23)26-15-7-8-16-17(10-15)25-11-24-16/h4-10,12,18H,11H2,1-3H3,(H,21,22). The highest BCUT2D eigenvalue weighted by Gasteiger charge is 2.27. The molecule has 0 saturated heterocycles. The number of hydrogen-bond acceptors (Lipinski definition) is 5. The molecule has 0 aliphatic carbocycles. The van der Waals surface area contributed by atoms with Crippen LogP contribution in [0.15, 0.2) is 42.5 Å². The summed E-state index contributed by atoms with van der Waals surface area (Å²) in [6.07, 6.45) is 0. The molecule has 1 heterocycles. The van der Waals surface area contributed by atoms with E-state index in [0.29, 0.717) is 22.8 Å². The molecule has 1 unspecified atom stereocenters. The Bertz CT molecular complexity index is 831. The Hall–Kier alpha value is -3.02. The van der Waals surface area contributed by atoms with Gasteiger partial charge in [0.2, 0.25) is 6.79 Å². The van der Waals surface area contributed by atoms with Crippen molar-refractivity contribution in [3.63, 3.8) is 0 Å². The molecule has 136 valence electrons. The number of ether oxygens (including phenoxy) is 3. The summed E-state index contributed by atoms with van der Waals surface area (Å²) in [5.41, 5.74) is 1.48. The van der Waals surface area contributed by atoms with Crippen LogP contribution in [0.2, 0.25) is 0 Å². The highest BCUT2D eigenvalue weighted by Crippen LogP contribution is 2.35. The Kier molecular flexibility index (Phi) is 5.11. The van der Waals surface area contributed by atoms with Gasteiger partial charge in [-0.15, -0.1) is 0 Å². The molecule has 2 aromatic carbocycles. The van der Waals surface area contributed by atoms with Crippen LogP contribution in [0.5, 0.6) is 17.2 Å². The Morgan fingerprint density at radius 3 is 2.58 bits per heavy atom. The predicted molar refractivity (Wildman–Crippen MR) is 95.5 cm³/mol. The number of rotatable bonds is 5. The summed E-state index contributed by atoms with van der Waals surface area (Å²) in [7, 11) is 0. The third-order valence-electron chi connectivity index (χ3n) is 4.05. The van der Waals surface area contributed by atoms with Crippen molar-refractivity contribution in [2.75, 3.05) is 6.79 Å². The second kappa shape index (κ2) is 7.47. The van der Waals surface area contributed by atoms with Gasteiger partial charge in [0.1, 0.15) is 11.8 Å². The summed E-state index contributed by atoms with van der Waals surface area (Å²) < 4.78 is 15.9. The normalized spacial score (nSPS) is 13.4. The average molecular weight is 355 g/mol. The Morgan fingerprint density at radius 2 is 1.85 bits per heavy atom. The molecule has 1 aliphatic heterocycles. The SMILES string of the molecule is Cc1cccc(C(=O)NC(C(=O)Oc2ccc3c(c2)OCO3)C(C)C)c1. The maximum atomic E-state index is 12.6. The Morgan fingerprint density at radius 1 is 1.08 bits per heavy atom. The molecule has 0 aromatic heterocycles. The number of hydrogen-bond donors (Lipinski definition) is 1. The van der Waals surface area contributed by atoms with Crippen LogP contribution in [-0.4, -0.2) is 24.7 Å². The van der Waals surface area contributed by atoms with Gasteiger partial charge in [0.05, 0.1) is 0 Å². The first-order chi connectivity index (χ1) is 12.4. The first-order valence-corrected chi connectivity index (χ1v) is 8.43. The van der Waals surface area contributed by atoms with E-state index in [-0.39, 0.29) is 18.6 Å². The van der Waals surface area contributed by atoms with Crippen LogP contribution < -0.4 is 19.5 Å². The zero-order chi connectivity index (χ0) is 18.7. The van der Waals surface area contributed by atoms with E-state index in [1.54, 1.807) is 36.4 Å². The molecule has 0 fully saturated rings. The van der Waals surface area contributed by atoms with Gasteiger partial charge in [-0.1, -0.05) is 31.5 Å². The van der Waals surface area contributed by atoms with Crippen LogP contribution in [0.25, 0.3) is 0 Å². The highest BCUT2D eigenvalue weighted by molar-refractivity contribution is 5.97. The van der Waals surface area contributed by atoms with Gasteiger partial charge < -0.3 is 19.5 Å². The van der Waals surface area contributed by atoms with Crippen LogP contribution in [0.1, 0.15) is 29.8 Å². The summed E-state index contributed by atoms with van der Waals surface area (Å²) >= 11 is 0. The zero-order valence-electron chi connectivity index (χ0n) is 14.9. The van der Waals surface area contributed by atoms with Crippen molar-refractivity contribution in [2.45, 2.75) is 26.8 Å². The van der Waals surface area contributed by atoms with Crippen LogP contribution in [0, 0.1) is 12.8 Å². The minimum atomic E-state index is -0.770. The monoisotopic (exact) mass is 355 g/mol. The van der Waals surface area contributed by atoms with Gasteiger partial charge >= 0.3 is 5.97 Å². The van der Waals surface area contributed by atoms with Crippen LogP contribution >= 0.6 is 0 Å². The first kappa shape index (κ1) is 17.8. The van der Waals surface area contributed by atoms with E-state index in [4.69, 9.17) is 14.2 Å². The van der Waals surface area contributed by atoms with E-state index >= 15 is 0 Å². The second-order valence-corrected chi connectivity index (χ2v) is 6.50. The number of nitrogens with one attached hydrogen (secondary N) is 1. The summed E-state index contributed by atoms with van der Waals surface area (Å²) in [6.45, 7) is 5.75. The number of carbonyl (C=O) groups is 2. The summed E-state index contributed by atoms with van der Waals surface area (Å²) in [6, 6.07) is 11.3. The fourth-order valence-corrected chi connectivity index (χ4v) is 2.63. The summed E-state index contributed by atoms with van der Waals surface area (Å²) in [4.78, 5) is 25.0. The number of fused-ring (bicyclic) bond motifs is 1. The van der Waals surface area contributed by atoms with Crippen molar-refractivity contribution in [1.82, 2.24) is 5.32 Å². The molecule has 0 radical (unpaired) electrons. The van der Waals surface area contributed by atoms with Gasteiger partial charge in [0.25, 0.3) is 5.91 Å². The lowest BCUT2D eigenvalue weighted by Gasteiger charge is -2.21. The smallest absolute Gasteiger partial charge is 0.334 e. The van der Waals surface area contributed by atoms with Gasteiger partial charge in [-0.05, 0) is 37.1 Å². The van der Waals surface area contributed by atoms with Crippen molar-refractivity contribution in [3.8, 4) is 17.2 Å². The molecule has 1 aliphatic rings. The number of amides is 1. The quantitative estimate of drug-likeness (QED) is 0.659. The van der Waals surface area contributed by atoms with Crippen LogP contribution in [0.3, 0.4) is 0 Å². The van der Waals surface area contributed by atoms with Crippen molar-refractivity contribution in [3.05, 3.63) is 53.6 Å². The maximum absolute atomic E-state index is 12.6. The van der Waals surface area contributed by atoms with Crippen LogP contribution in [0.4, 0.5) is 0 Å². The third-order valence-corrected chi connectivity index (χ3v) is 4.05. The lowest BCUT2D eigenvalue weighted by Crippen LogP contribution is -2.46. The highest BCUT2D eigenvalue weighted by atomic mass is 16.7. The molecular formula is C20H21NO5. The number of carbonyl (C=O) groups excluding carboxylic acids is 2. The molecule has 1 N–H and O–H groups in total. The van der Waals surface area contributed by atoms with Gasteiger partial charge in [-0.3, -0.25) is 4.79 Å². The topological polar surface area (TPSA) is 73.9 Å². The first-order valence-electron chi connectivity index (χ1n) is 8.43. The van der Waals surface area contributed by atoms with E-state index in [2.05, 4.69) is 5.32 Å². The molecule has 6 nitrogen and oxygen atoms in total. The molecule has 2 aromatic rings. The van der Waals surface area contributed by atoms with Gasteiger partial charge in [-0.2, -0.15) is 0 Å². The molecule has 0 spiro atoms. The van der Waals surface area contributed by atoms with Crippen molar-refractivity contribution in [1.29, 1.82) is 0 Å². The molecule has 1 atom stereocenters. The van der Waals surface area contributed by atoms with E-state index in [1.807, 2.05) is 26.8 Å². The lowest BCUT2D eigenvalue weighted by molar-refractivity contribution is -0.137. The lowest BCUT2D eigenvalue weighted by atomic mass is 10.0. The molecule has 0 bridgehead atoms. The molecule has 3 rings (SSSR count). The van der Waals surface area contributed by atoms with E-state index in [9.17, 15) is 9.59 Å². The molecule has 6 heteroatoms. The Balaban J connectivity index is 1.71. The largest absolute Gasteiger partial charge is 0.454 e. The molecule has 1 amide bonds. The van der Waals surface area contributed by atoms with E-state index < -0.39 is 12.0 Å². The van der Waals surface area contributed by atoms with Gasteiger partial charge in [-0.25, -0.2) is 4.79 Å². The van der Waals surface area contributed by atoms with E-state index in [0.717, 1.165) is 5.56 Å². The van der Waals surface area contributed by atoms with Gasteiger partial charge in [0, 0.05) is 11.6 Å². The van der Waals surface area contributed by atoms with Crippen LogP contribution in [-0.2, 0) is 4.79 Å². The number of esters is 1. The fourth-order valence-electron chi connectivity index (χ4n) is 2.63. The number of benzene rings is 2. The fraction of sp³-hybridized carbons (Fsp3) is 0.300. The molecular weight excluding hydrogens is 334 g/mol. The minimum Gasteiger partial charge on any atom is -0.454 e. The maximum Gasteiger partial charge on any atom is 0.334 e. The van der Waals surface area contributed by atoms with E-state index in [1.165, 1.54) is 0 Å². The average Bonchev–Trinajstić information content (AvgIpc) is 3.06. The third kappa shape index (κ3) is 3.96. The number of aryl methyl sites for hydroxylation is 1. The van der Waals surface area contributed by atoms with Gasteiger partial charge in [0.15, 0.2) is 11.5 Å². The predicted octanol–water partition coefficient (Wildman–Crippen LogP) is 3.08. The summed E-state index contributed by atoms with van der Waals surface area (Å²) in [5.74, 6) is 0.507. The second-order valence-electron chi connectivity index (χ2n) is 6.50. The molecule has 26 heavy (non-hydrogen) atoms. The van der Waals surface area contributed by atoms with Crippen molar-refractivity contribution in [2.24, 2.45) is 5.92 Å². The van der Waals surface area contributed by atoms with Crippen molar-refractivity contribution < 1.29 is 23.8 Å². The molecule has 0 saturated carbocycles. The zero-order valence-corrected chi connectivity index (χ0v) is 14.9. The summed E-state index contributed by atoms with van der Waals surface area (Å²) in [5, 5.41) is 2.76. The minimum absolute atomic E-state index is 0.134. The Labute approximate surface area is 152 Å².